The predicted octanol–water partition coefficient (Wildman–Crippen LogP) is 2.27. The molecule has 2 heterocycles. The average molecular weight is 347 g/mol. The zero-order chi connectivity index (χ0) is 17.1. The molecular weight excluding hydrogens is 328 g/mol. The molecule has 0 spiro atoms. The van der Waals surface area contributed by atoms with Crippen LogP contribution in [0.25, 0.3) is 5.69 Å². The fourth-order valence-corrected chi connectivity index (χ4v) is 2.91. The predicted molar refractivity (Wildman–Crippen MR) is 91.3 cm³/mol. The number of likely N-dealkylation sites (tertiary alicyclic amines) is 1. The Morgan fingerprint density at radius 3 is 2.50 bits per heavy atom. The van der Waals surface area contributed by atoms with E-state index in [0.29, 0.717) is 23.7 Å². The normalized spacial score (nSPS) is 15.3. The van der Waals surface area contributed by atoms with E-state index in [9.17, 15) is 9.59 Å². The zero-order valence-corrected chi connectivity index (χ0v) is 14.2. The van der Waals surface area contributed by atoms with E-state index in [1.54, 1.807) is 41.0 Å². The molecule has 0 radical (unpaired) electrons. The lowest BCUT2D eigenvalue weighted by Gasteiger charge is -2.31. The van der Waals surface area contributed by atoms with Gasteiger partial charge in [0.05, 0.1) is 17.4 Å². The van der Waals surface area contributed by atoms with Gasteiger partial charge in [0.15, 0.2) is 0 Å². The average Bonchev–Trinajstić information content (AvgIpc) is 3.06. The smallest absolute Gasteiger partial charge is 0.254 e. The molecule has 126 valence electrons. The van der Waals surface area contributed by atoms with E-state index in [2.05, 4.69) is 10.4 Å². The van der Waals surface area contributed by atoms with E-state index >= 15 is 0 Å². The molecule has 24 heavy (non-hydrogen) atoms. The van der Waals surface area contributed by atoms with Gasteiger partial charge in [0.1, 0.15) is 0 Å². The quantitative estimate of drug-likeness (QED) is 0.927. The highest BCUT2D eigenvalue weighted by molar-refractivity contribution is 6.30. The minimum absolute atomic E-state index is 0.0871. The summed E-state index contributed by atoms with van der Waals surface area (Å²) in [5.74, 6) is -0.0551. The first-order chi connectivity index (χ1) is 11.5. The Morgan fingerprint density at radius 1 is 1.21 bits per heavy atom. The number of carbonyl (C=O) groups excluding carboxylic acids is 2. The number of halogens is 1. The van der Waals surface area contributed by atoms with Crippen LogP contribution in [0.3, 0.4) is 0 Å². The molecule has 0 aliphatic carbocycles. The van der Waals surface area contributed by atoms with Crippen molar-refractivity contribution >= 4 is 23.4 Å². The topological polar surface area (TPSA) is 67.2 Å². The Kier molecular flexibility index (Phi) is 4.85. The summed E-state index contributed by atoms with van der Waals surface area (Å²) in [5, 5.41) is 7.90. The van der Waals surface area contributed by atoms with E-state index < -0.39 is 0 Å². The van der Waals surface area contributed by atoms with Gasteiger partial charge in [-0.15, -0.1) is 0 Å². The Balaban J connectivity index is 1.60. The van der Waals surface area contributed by atoms with Crippen molar-refractivity contribution < 1.29 is 9.59 Å². The number of aromatic nitrogens is 2. The van der Waals surface area contributed by atoms with Crippen LogP contribution in [0.1, 0.15) is 30.1 Å². The third-order valence-corrected chi connectivity index (χ3v) is 4.46. The minimum atomic E-state index is -0.142. The van der Waals surface area contributed by atoms with E-state index in [-0.39, 0.29) is 17.9 Å². The Hall–Kier alpha value is -2.34. The van der Waals surface area contributed by atoms with Crippen molar-refractivity contribution in [1.82, 2.24) is 20.0 Å². The van der Waals surface area contributed by atoms with Crippen LogP contribution < -0.4 is 5.32 Å². The van der Waals surface area contributed by atoms with E-state index in [0.717, 1.165) is 18.5 Å². The maximum absolute atomic E-state index is 12.4. The number of nitrogens with one attached hydrogen (secondary N) is 1. The van der Waals surface area contributed by atoms with Gasteiger partial charge in [-0.25, -0.2) is 4.68 Å². The van der Waals surface area contributed by atoms with E-state index in [1.807, 2.05) is 12.1 Å². The lowest BCUT2D eigenvalue weighted by atomic mass is 10.0. The maximum atomic E-state index is 12.4. The fraction of sp³-hybridized carbons (Fsp3) is 0.353. The second-order valence-corrected chi connectivity index (χ2v) is 6.34. The SMILES string of the molecule is CC(=O)N1CCC(NC(=O)c2cnn(-c3ccc(Cl)cc3)c2)CC1. The largest absolute Gasteiger partial charge is 0.349 e. The number of piperidine rings is 1. The molecule has 0 saturated carbocycles. The summed E-state index contributed by atoms with van der Waals surface area (Å²) in [4.78, 5) is 25.5. The molecule has 0 unspecified atom stereocenters. The monoisotopic (exact) mass is 346 g/mol. The molecule has 1 aliphatic rings. The van der Waals surface area contributed by atoms with E-state index in [4.69, 9.17) is 11.6 Å². The summed E-state index contributed by atoms with van der Waals surface area (Å²) in [6, 6.07) is 7.33. The van der Waals surface area contributed by atoms with Gasteiger partial charge in [-0.05, 0) is 37.1 Å². The van der Waals surface area contributed by atoms with Crippen molar-refractivity contribution in [3.63, 3.8) is 0 Å². The van der Waals surface area contributed by atoms with Crippen molar-refractivity contribution in [3.05, 3.63) is 47.2 Å². The second kappa shape index (κ2) is 7.05. The number of amides is 2. The number of nitrogens with zero attached hydrogens (tertiary/aromatic N) is 3. The summed E-state index contributed by atoms with van der Waals surface area (Å²) in [5.41, 5.74) is 1.35. The van der Waals surface area contributed by atoms with Crippen LogP contribution in [-0.2, 0) is 4.79 Å². The Morgan fingerprint density at radius 2 is 1.88 bits per heavy atom. The molecule has 7 heteroatoms. The lowest BCUT2D eigenvalue weighted by molar-refractivity contribution is -0.129. The highest BCUT2D eigenvalue weighted by Crippen LogP contribution is 2.14. The maximum Gasteiger partial charge on any atom is 0.254 e. The third-order valence-electron chi connectivity index (χ3n) is 4.21. The lowest BCUT2D eigenvalue weighted by Crippen LogP contribution is -2.45. The third kappa shape index (κ3) is 3.76. The molecule has 1 fully saturated rings. The molecule has 1 saturated heterocycles. The molecule has 1 aromatic heterocycles. The number of hydrogen-bond acceptors (Lipinski definition) is 3. The summed E-state index contributed by atoms with van der Waals surface area (Å²) >= 11 is 5.87. The van der Waals surface area contributed by atoms with Crippen LogP contribution in [0.2, 0.25) is 5.02 Å². The van der Waals surface area contributed by atoms with Gasteiger partial charge in [0.2, 0.25) is 5.91 Å². The molecule has 1 aromatic carbocycles. The molecule has 0 atom stereocenters. The minimum Gasteiger partial charge on any atom is -0.349 e. The van der Waals surface area contributed by atoms with Crippen molar-refractivity contribution in [2.24, 2.45) is 0 Å². The van der Waals surface area contributed by atoms with Gasteiger partial charge in [-0.2, -0.15) is 5.10 Å². The van der Waals surface area contributed by atoms with Gasteiger partial charge in [0, 0.05) is 37.3 Å². The van der Waals surface area contributed by atoms with Gasteiger partial charge in [-0.3, -0.25) is 9.59 Å². The van der Waals surface area contributed by atoms with Crippen molar-refractivity contribution in [2.45, 2.75) is 25.8 Å². The summed E-state index contributed by atoms with van der Waals surface area (Å²) in [7, 11) is 0. The van der Waals surface area contributed by atoms with Crippen molar-refractivity contribution in [3.8, 4) is 5.69 Å². The first-order valence-corrected chi connectivity index (χ1v) is 8.28. The van der Waals surface area contributed by atoms with Crippen LogP contribution in [0.4, 0.5) is 0 Å². The molecule has 6 nitrogen and oxygen atoms in total. The molecule has 1 aliphatic heterocycles. The number of hydrogen-bond donors (Lipinski definition) is 1. The molecular formula is C17H19ClN4O2. The summed E-state index contributed by atoms with van der Waals surface area (Å²) in [6.45, 7) is 2.94. The van der Waals surface area contributed by atoms with Crippen LogP contribution in [0.15, 0.2) is 36.7 Å². The van der Waals surface area contributed by atoms with Gasteiger partial charge >= 0.3 is 0 Å². The van der Waals surface area contributed by atoms with Crippen molar-refractivity contribution in [2.75, 3.05) is 13.1 Å². The van der Waals surface area contributed by atoms with Gasteiger partial charge in [0.25, 0.3) is 5.91 Å². The fourth-order valence-electron chi connectivity index (χ4n) is 2.78. The molecule has 1 N–H and O–H groups in total. The highest BCUT2D eigenvalue weighted by Gasteiger charge is 2.22. The van der Waals surface area contributed by atoms with Crippen LogP contribution in [-0.4, -0.2) is 45.6 Å². The van der Waals surface area contributed by atoms with Gasteiger partial charge < -0.3 is 10.2 Å². The summed E-state index contributed by atoms with van der Waals surface area (Å²) < 4.78 is 1.64. The number of rotatable bonds is 3. The first kappa shape index (κ1) is 16.5. The van der Waals surface area contributed by atoms with Crippen LogP contribution in [0.5, 0.6) is 0 Å². The second-order valence-electron chi connectivity index (χ2n) is 5.90. The van der Waals surface area contributed by atoms with E-state index in [1.165, 1.54) is 0 Å². The Bertz CT molecular complexity index is 733. The molecule has 3 rings (SSSR count). The van der Waals surface area contributed by atoms with Crippen LogP contribution >= 0.6 is 11.6 Å². The highest BCUT2D eigenvalue weighted by atomic mass is 35.5. The number of carbonyl (C=O) groups is 2. The number of benzene rings is 1. The summed E-state index contributed by atoms with van der Waals surface area (Å²) in [6.07, 6.45) is 4.80. The van der Waals surface area contributed by atoms with Gasteiger partial charge in [-0.1, -0.05) is 11.6 Å². The van der Waals surface area contributed by atoms with Crippen LogP contribution in [0, 0.1) is 0 Å². The standard InChI is InChI=1S/C17H19ClN4O2/c1-12(23)21-8-6-15(7-9-21)20-17(24)13-10-19-22(11-13)16-4-2-14(18)3-5-16/h2-5,10-11,15H,6-9H2,1H3,(H,20,24). The first-order valence-electron chi connectivity index (χ1n) is 7.90. The zero-order valence-electron chi connectivity index (χ0n) is 13.4. The molecule has 2 amide bonds. The molecule has 0 bridgehead atoms. The molecule has 2 aromatic rings. The Labute approximate surface area is 145 Å². The van der Waals surface area contributed by atoms with Crippen molar-refractivity contribution in [1.29, 1.82) is 0 Å².